The summed E-state index contributed by atoms with van der Waals surface area (Å²) in [6.07, 6.45) is 2.35. The van der Waals surface area contributed by atoms with Crippen molar-refractivity contribution in [3.63, 3.8) is 0 Å². The van der Waals surface area contributed by atoms with Crippen LogP contribution in [0.1, 0.15) is 43.5 Å². The quantitative estimate of drug-likeness (QED) is 0.585. The summed E-state index contributed by atoms with van der Waals surface area (Å²) in [4.78, 5) is 22.5. The molecule has 0 heterocycles. The second-order valence-corrected chi connectivity index (χ2v) is 4.53. The van der Waals surface area contributed by atoms with Crippen LogP contribution in [0.2, 0.25) is 0 Å². The van der Waals surface area contributed by atoms with Crippen LogP contribution >= 0.6 is 0 Å². The van der Waals surface area contributed by atoms with E-state index in [9.17, 15) is 9.59 Å². The molecule has 5 nitrogen and oxygen atoms in total. The lowest BCUT2D eigenvalue weighted by atomic mass is 10.2. The molecule has 0 aliphatic rings. The smallest absolute Gasteiger partial charge is 0.338 e. The molecular formula is C15H21NO4. The Morgan fingerprint density at radius 3 is 2.40 bits per heavy atom. The van der Waals surface area contributed by atoms with E-state index in [2.05, 4.69) is 6.92 Å². The minimum atomic E-state index is -0.938. The summed E-state index contributed by atoms with van der Waals surface area (Å²) in [7, 11) is 0. The standard InChI is InChI=1S/C15H21NO4/c1-3-4-5-10-19-13-8-6-12(7-9-13)15(18)20-11(2)14(16)17/h6-9,11H,3-5,10H2,1-2H3,(H2,16,17)/t11-/m1/s1. The van der Waals surface area contributed by atoms with E-state index in [1.54, 1.807) is 24.3 Å². The Morgan fingerprint density at radius 2 is 1.85 bits per heavy atom. The number of carbonyl (C=O) groups excluding carboxylic acids is 2. The molecule has 1 aromatic carbocycles. The molecule has 0 aliphatic heterocycles. The highest BCUT2D eigenvalue weighted by atomic mass is 16.5. The number of hydrogen-bond acceptors (Lipinski definition) is 4. The van der Waals surface area contributed by atoms with Crippen LogP contribution in [0.5, 0.6) is 5.75 Å². The minimum Gasteiger partial charge on any atom is -0.494 e. The zero-order valence-electron chi connectivity index (χ0n) is 11.9. The fraction of sp³-hybridized carbons (Fsp3) is 0.467. The summed E-state index contributed by atoms with van der Waals surface area (Å²) in [5.74, 6) is -0.538. The Hall–Kier alpha value is -2.04. The predicted octanol–water partition coefficient (Wildman–Crippen LogP) is 2.29. The molecule has 0 bridgehead atoms. The van der Waals surface area contributed by atoms with Crippen molar-refractivity contribution in [2.45, 2.75) is 39.2 Å². The van der Waals surface area contributed by atoms with E-state index in [-0.39, 0.29) is 0 Å². The van der Waals surface area contributed by atoms with Gasteiger partial charge in [-0.15, -0.1) is 0 Å². The van der Waals surface area contributed by atoms with Crippen LogP contribution in [0.15, 0.2) is 24.3 Å². The lowest BCUT2D eigenvalue weighted by molar-refractivity contribution is -0.125. The van der Waals surface area contributed by atoms with Crippen molar-refractivity contribution in [1.82, 2.24) is 0 Å². The monoisotopic (exact) mass is 279 g/mol. The number of rotatable bonds is 8. The van der Waals surface area contributed by atoms with Gasteiger partial charge in [0.05, 0.1) is 12.2 Å². The van der Waals surface area contributed by atoms with Crippen molar-refractivity contribution in [3.05, 3.63) is 29.8 Å². The average Bonchev–Trinajstić information content (AvgIpc) is 2.44. The van der Waals surface area contributed by atoms with Gasteiger partial charge in [0.2, 0.25) is 0 Å². The van der Waals surface area contributed by atoms with Gasteiger partial charge in [0.15, 0.2) is 6.10 Å². The van der Waals surface area contributed by atoms with Crippen LogP contribution in [0.3, 0.4) is 0 Å². The van der Waals surface area contributed by atoms with Crippen LogP contribution < -0.4 is 10.5 Å². The molecule has 1 rings (SSSR count). The lowest BCUT2D eigenvalue weighted by Crippen LogP contribution is -2.30. The Labute approximate surface area is 119 Å². The van der Waals surface area contributed by atoms with Gasteiger partial charge in [-0.25, -0.2) is 4.79 Å². The number of unbranched alkanes of at least 4 members (excludes halogenated alkanes) is 2. The van der Waals surface area contributed by atoms with Crippen molar-refractivity contribution in [2.75, 3.05) is 6.61 Å². The highest BCUT2D eigenvalue weighted by Gasteiger charge is 2.15. The fourth-order valence-electron chi connectivity index (χ4n) is 1.52. The fourth-order valence-corrected chi connectivity index (χ4v) is 1.52. The van der Waals surface area contributed by atoms with Crippen LogP contribution in [0.4, 0.5) is 0 Å². The molecule has 0 spiro atoms. The molecule has 2 N–H and O–H groups in total. The van der Waals surface area contributed by atoms with E-state index in [0.717, 1.165) is 19.3 Å². The molecule has 20 heavy (non-hydrogen) atoms. The summed E-state index contributed by atoms with van der Waals surface area (Å²) < 4.78 is 10.4. The maximum absolute atomic E-state index is 11.7. The lowest BCUT2D eigenvalue weighted by Gasteiger charge is -2.10. The van der Waals surface area contributed by atoms with Crippen molar-refractivity contribution in [2.24, 2.45) is 5.73 Å². The second kappa shape index (κ2) is 8.19. The molecular weight excluding hydrogens is 258 g/mol. The molecule has 0 saturated heterocycles. The average molecular weight is 279 g/mol. The summed E-state index contributed by atoms with van der Waals surface area (Å²) in [5, 5.41) is 0. The van der Waals surface area contributed by atoms with Crippen LogP contribution in [0, 0.1) is 0 Å². The minimum absolute atomic E-state index is 0.360. The molecule has 0 aromatic heterocycles. The van der Waals surface area contributed by atoms with Gasteiger partial charge >= 0.3 is 5.97 Å². The van der Waals surface area contributed by atoms with Crippen LogP contribution in [0.25, 0.3) is 0 Å². The zero-order chi connectivity index (χ0) is 15.0. The molecule has 0 saturated carbocycles. The van der Waals surface area contributed by atoms with Crippen molar-refractivity contribution < 1.29 is 19.1 Å². The van der Waals surface area contributed by atoms with E-state index in [1.165, 1.54) is 6.92 Å². The highest BCUT2D eigenvalue weighted by Crippen LogP contribution is 2.14. The third-order valence-electron chi connectivity index (χ3n) is 2.79. The third kappa shape index (κ3) is 5.30. The van der Waals surface area contributed by atoms with E-state index in [0.29, 0.717) is 17.9 Å². The van der Waals surface area contributed by atoms with Crippen LogP contribution in [-0.2, 0) is 9.53 Å². The van der Waals surface area contributed by atoms with Crippen LogP contribution in [-0.4, -0.2) is 24.6 Å². The molecule has 0 fully saturated rings. The molecule has 110 valence electrons. The van der Waals surface area contributed by atoms with Crippen molar-refractivity contribution >= 4 is 11.9 Å². The summed E-state index contributed by atoms with van der Waals surface area (Å²) >= 11 is 0. The highest BCUT2D eigenvalue weighted by molar-refractivity contribution is 5.92. The Balaban J connectivity index is 2.49. The maximum atomic E-state index is 11.7. The SMILES string of the molecule is CCCCCOc1ccc(C(=O)O[C@H](C)C(N)=O)cc1. The Bertz CT molecular complexity index is 442. The number of primary amides is 1. The summed E-state index contributed by atoms with van der Waals surface area (Å²) in [6.45, 7) is 4.23. The first-order valence-electron chi connectivity index (χ1n) is 6.77. The number of nitrogens with two attached hydrogens (primary N) is 1. The van der Waals surface area contributed by atoms with Gasteiger partial charge in [-0.1, -0.05) is 19.8 Å². The van der Waals surface area contributed by atoms with Gasteiger partial charge < -0.3 is 15.2 Å². The van der Waals surface area contributed by atoms with Crippen molar-refractivity contribution in [3.8, 4) is 5.75 Å². The predicted molar refractivity (Wildman–Crippen MR) is 75.5 cm³/mol. The van der Waals surface area contributed by atoms with E-state index in [4.69, 9.17) is 15.2 Å². The Morgan fingerprint density at radius 1 is 1.20 bits per heavy atom. The van der Waals surface area contributed by atoms with E-state index in [1.807, 2.05) is 0 Å². The van der Waals surface area contributed by atoms with Gasteiger partial charge in [0.25, 0.3) is 5.91 Å². The van der Waals surface area contributed by atoms with Gasteiger partial charge in [-0.3, -0.25) is 4.79 Å². The first-order chi connectivity index (χ1) is 9.54. The third-order valence-corrected chi connectivity index (χ3v) is 2.79. The molecule has 0 unspecified atom stereocenters. The number of benzene rings is 1. The maximum Gasteiger partial charge on any atom is 0.338 e. The molecule has 0 radical (unpaired) electrons. The molecule has 1 aromatic rings. The molecule has 1 amide bonds. The first kappa shape index (κ1) is 16.0. The van der Waals surface area contributed by atoms with Gasteiger partial charge in [0, 0.05) is 0 Å². The number of hydrogen-bond donors (Lipinski definition) is 1. The topological polar surface area (TPSA) is 78.6 Å². The van der Waals surface area contributed by atoms with E-state index >= 15 is 0 Å². The number of ether oxygens (including phenoxy) is 2. The van der Waals surface area contributed by atoms with Gasteiger partial charge in [0.1, 0.15) is 5.75 Å². The van der Waals surface area contributed by atoms with Gasteiger partial charge in [-0.2, -0.15) is 0 Å². The molecule has 5 heteroatoms. The molecule has 0 aliphatic carbocycles. The van der Waals surface area contributed by atoms with Gasteiger partial charge in [-0.05, 0) is 37.6 Å². The molecule has 1 atom stereocenters. The largest absolute Gasteiger partial charge is 0.494 e. The normalized spacial score (nSPS) is 11.7. The number of esters is 1. The number of amides is 1. The second-order valence-electron chi connectivity index (χ2n) is 4.53. The van der Waals surface area contributed by atoms with E-state index < -0.39 is 18.0 Å². The first-order valence-corrected chi connectivity index (χ1v) is 6.77. The summed E-state index contributed by atoms with van der Waals surface area (Å²) in [6, 6.07) is 6.62. The summed E-state index contributed by atoms with van der Waals surface area (Å²) in [5.41, 5.74) is 5.39. The zero-order valence-corrected chi connectivity index (χ0v) is 11.9. The van der Waals surface area contributed by atoms with Crippen molar-refractivity contribution in [1.29, 1.82) is 0 Å². The number of carbonyl (C=O) groups is 2. The Kier molecular flexibility index (Phi) is 6.56.